The molecule has 0 radical (unpaired) electrons. The minimum atomic E-state index is -1.52. The Bertz CT molecular complexity index is 626. The number of anilines is 1. The van der Waals surface area contributed by atoms with Gasteiger partial charge in [0.05, 0.1) is 0 Å². The van der Waals surface area contributed by atoms with E-state index in [0.29, 0.717) is 5.01 Å². The quantitative estimate of drug-likeness (QED) is 0.341. The van der Waals surface area contributed by atoms with Crippen LogP contribution < -0.4 is 5.01 Å². The van der Waals surface area contributed by atoms with Crippen LogP contribution in [-0.4, -0.2) is 43.9 Å². The molecular formula is C12H15N5O8. The molecule has 1 aromatic carbocycles. The van der Waals surface area contributed by atoms with Crippen LogP contribution in [0.2, 0.25) is 0 Å². The second-order valence-electron chi connectivity index (χ2n) is 4.84. The fourth-order valence-electron chi connectivity index (χ4n) is 2.13. The van der Waals surface area contributed by atoms with Crippen molar-refractivity contribution in [3.63, 3.8) is 0 Å². The van der Waals surface area contributed by atoms with Crippen LogP contribution in [0.3, 0.4) is 0 Å². The van der Waals surface area contributed by atoms with E-state index in [-0.39, 0.29) is 30.1 Å². The van der Waals surface area contributed by atoms with Crippen molar-refractivity contribution in [2.75, 3.05) is 11.6 Å². The summed E-state index contributed by atoms with van der Waals surface area (Å²) in [5, 5.41) is 38.5. The van der Waals surface area contributed by atoms with Gasteiger partial charge in [0, 0.05) is 0 Å². The largest absolute Gasteiger partial charge is 0.480 e. The minimum Gasteiger partial charge on any atom is -0.480 e. The molecule has 0 heterocycles. The predicted octanol–water partition coefficient (Wildman–Crippen LogP) is 0.994. The molecule has 1 atom stereocenters. The van der Waals surface area contributed by atoms with Crippen LogP contribution in [0.4, 0.5) is 5.69 Å². The Morgan fingerprint density at radius 2 is 1.56 bits per heavy atom. The van der Waals surface area contributed by atoms with Gasteiger partial charge in [0.2, 0.25) is 10.1 Å². The average molecular weight is 357 g/mol. The van der Waals surface area contributed by atoms with Gasteiger partial charge in [-0.1, -0.05) is 23.2 Å². The number of hydrogen-bond donors (Lipinski definition) is 1. The standard InChI is InChI=1S/C12H15N5O8/c18-12(19)11(8-4-5-9-13(15(20)21)16(22)23)14(17(24)25)10-6-2-1-3-7-10/h1-3,6-7,11H,4-5,8-9H2,(H,18,19)/t11-/m0/s1. The Morgan fingerprint density at radius 1 is 1.00 bits per heavy atom. The zero-order valence-corrected chi connectivity index (χ0v) is 12.8. The maximum absolute atomic E-state index is 11.4. The molecule has 1 N–H and O–H groups in total. The number of carboxylic acids is 1. The number of aliphatic carboxylic acids is 1. The average Bonchev–Trinajstić information content (AvgIpc) is 2.53. The van der Waals surface area contributed by atoms with Crippen molar-refractivity contribution in [2.45, 2.75) is 25.3 Å². The van der Waals surface area contributed by atoms with Crippen molar-refractivity contribution >= 4 is 11.7 Å². The number of hydrazine groups is 3. The van der Waals surface area contributed by atoms with Crippen molar-refractivity contribution < 1.29 is 25.0 Å². The molecule has 136 valence electrons. The van der Waals surface area contributed by atoms with Gasteiger partial charge in [-0.3, -0.25) is 0 Å². The first-order chi connectivity index (χ1) is 11.8. The lowest BCUT2D eigenvalue weighted by atomic mass is 10.1. The van der Waals surface area contributed by atoms with Gasteiger partial charge < -0.3 is 5.11 Å². The topological polar surface area (TPSA) is 173 Å². The highest BCUT2D eigenvalue weighted by atomic mass is 16.8. The van der Waals surface area contributed by atoms with Crippen LogP contribution >= 0.6 is 0 Å². The second kappa shape index (κ2) is 8.95. The van der Waals surface area contributed by atoms with Crippen LogP contribution in [0.1, 0.15) is 19.3 Å². The molecule has 0 unspecified atom stereocenters. The van der Waals surface area contributed by atoms with Gasteiger partial charge in [-0.2, -0.15) is 0 Å². The molecule has 25 heavy (non-hydrogen) atoms. The molecule has 0 bridgehead atoms. The summed E-state index contributed by atoms with van der Waals surface area (Å²) < 4.78 is 0. The van der Waals surface area contributed by atoms with Crippen LogP contribution in [-0.2, 0) is 4.79 Å². The van der Waals surface area contributed by atoms with E-state index in [9.17, 15) is 40.2 Å². The van der Waals surface area contributed by atoms with Gasteiger partial charge in [-0.15, -0.1) is 0 Å². The highest BCUT2D eigenvalue weighted by Gasteiger charge is 2.34. The van der Waals surface area contributed by atoms with E-state index in [1.165, 1.54) is 24.3 Å². The van der Waals surface area contributed by atoms with Gasteiger partial charge >= 0.3 is 5.97 Å². The van der Waals surface area contributed by atoms with Gasteiger partial charge in [0.1, 0.15) is 12.2 Å². The van der Waals surface area contributed by atoms with Crippen molar-refractivity contribution in [1.29, 1.82) is 0 Å². The summed E-state index contributed by atoms with van der Waals surface area (Å²) in [6.45, 7) is -0.545. The second-order valence-corrected chi connectivity index (χ2v) is 4.84. The van der Waals surface area contributed by atoms with E-state index in [1.807, 2.05) is 0 Å². The maximum Gasteiger partial charge on any atom is 0.332 e. The Hall–Kier alpha value is -3.51. The minimum absolute atomic E-state index is 0.00627. The molecule has 0 aliphatic heterocycles. The normalized spacial score (nSPS) is 11.4. The molecule has 1 rings (SSSR count). The summed E-state index contributed by atoms with van der Waals surface area (Å²) in [5.74, 6) is -1.44. The number of para-hydroxylation sites is 1. The van der Waals surface area contributed by atoms with Crippen molar-refractivity contribution in [1.82, 2.24) is 5.12 Å². The van der Waals surface area contributed by atoms with Crippen molar-refractivity contribution in [3.8, 4) is 0 Å². The monoisotopic (exact) mass is 357 g/mol. The van der Waals surface area contributed by atoms with E-state index in [2.05, 4.69) is 0 Å². The Kier molecular flexibility index (Phi) is 6.99. The predicted molar refractivity (Wildman–Crippen MR) is 81.9 cm³/mol. The van der Waals surface area contributed by atoms with Crippen molar-refractivity contribution in [2.24, 2.45) is 0 Å². The molecule has 0 fully saturated rings. The molecule has 0 saturated heterocycles. The molecule has 0 aliphatic rings. The van der Waals surface area contributed by atoms with E-state index in [4.69, 9.17) is 0 Å². The van der Waals surface area contributed by atoms with Gasteiger partial charge in [-0.25, -0.2) is 35.1 Å². The van der Waals surface area contributed by atoms with Gasteiger partial charge in [0.15, 0.2) is 16.2 Å². The Balaban J connectivity index is 2.76. The molecule has 13 nitrogen and oxygen atoms in total. The number of nitrogens with zero attached hydrogens (tertiary/aromatic N) is 5. The summed E-state index contributed by atoms with van der Waals surface area (Å²) >= 11 is 0. The number of rotatable bonds is 11. The molecule has 1 aromatic rings. The number of nitro groups is 3. The molecule has 0 aliphatic carbocycles. The molecular weight excluding hydrogens is 342 g/mol. The highest BCUT2D eigenvalue weighted by molar-refractivity contribution is 5.77. The summed E-state index contributed by atoms with van der Waals surface area (Å²) in [6.07, 6.45) is -0.285. The third kappa shape index (κ3) is 5.56. The van der Waals surface area contributed by atoms with E-state index >= 15 is 0 Å². The SMILES string of the molecule is O=C(O)[C@H](CCCCN([N+](=O)[O-])[N+](=O)[O-])N(c1ccccc1)[N+](=O)[O-]. The number of unbranched alkanes of at least 4 members (excludes halogenated alkanes) is 1. The van der Waals surface area contributed by atoms with Gasteiger partial charge in [0.25, 0.3) is 0 Å². The number of carboxylic acid groups (broad SMARTS) is 1. The summed E-state index contributed by atoms with van der Waals surface area (Å²) in [4.78, 5) is 43.6. The van der Waals surface area contributed by atoms with Crippen LogP contribution in [0, 0.1) is 30.3 Å². The lowest BCUT2D eigenvalue weighted by Gasteiger charge is -2.21. The first kappa shape index (κ1) is 19.5. The summed E-state index contributed by atoms with van der Waals surface area (Å²) in [5.41, 5.74) is 0.0668. The number of benzene rings is 1. The molecule has 0 saturated carbocycles. The van der Waals surface area contributed by atoms with Crippen LogP contribution in [0.15, 0.2) is 30.3 Å². The van der Waals surface area contributed by atoms with Gasteiger partial charge in [-0.05, 0) is 31.4 Å². The fraction of sp³-hybridized carbons (Fsp3) is 0.417. The Labute approximate surface area is 140 Å². The van der Waals surface area contributed by atoms with E-state index < -0.39 is 33.7 Å². The van der Waals surface area contributed by atoms with Crippen LogP contribution in [0.25, 0.3) is 0 Å². The zero-order chi connectivity index (χ0) is 19.0. The number of carbonyl (C=O) groups is 1. The molecule has 0 aromatic heterocycles. The highest BCUT2D eigenvalue weighted by Crippen LogP contribution is 2.20. The molecule has 0 spiro atoms. The molecule has 13 heteroatoms. The smallest absolute Gasteiger partial charge is 0.332 e. The Morgan fingerprint density at radius 3 is 2.00 bits per heavy atom. The van der Waals surface area contributed by atoms with E-state index in [0.717, 1.165) is 0 Å². The molecule has 0 amide bonds. The fourth-order valence-corrected chi connectivity index (χ4v) is 2.13. The first-order valence-corrected chi connectivity index (χ1v) is 7.03. The maximum atomic E-state index is 11.4. The summed E-state index contributed by atoms with van der Waals surface area (Å²) in [6, 6.07) is 5.87. The van der Waals surface area contributed by atoms with Crippen molar-refractivity contribution in [3.05, 3.63) is 60.7 Å². The van der Waals surface area contributed by atoms with E-state index in [1.54, 1.807) is 6.07 Å². The van der Waals surface area contributed by atoms with Crippen LogP contribution in [0.5, 0.6) is 0 Å². The third-order valence-corrected chi connectivity index (χ3v) is 3.24. The zero-order valence-electron chi connectivity index (χ0n) is 12.8. The number of hydrogen-bond acceptors (Lipinski definition) is 7. The lowest BCUT2D eigenvalue weighted by Crippen LogP contribution is -2.45. The third-order valence-electron chi connectivity index (χ3n) is 3.24. The summed E-state index contributed by atoms with van der Waals surface area (Å²) in [7, 11) is 0. The lowest BCUT2D eigenvalue weighted by molar-refractivity contribution is -0.907. The first-order valence-electron chi connectivity index (χ1n) is 7.03.